The predicted molar refractivity (Wildman–Crippen MR) is 82.7 cm³/mol. The van der Waals surface area contributed by atoms with Crippen molar-refractivity contribution >= 4 is 5.69 Å². The molecule has 1 aliphatic heterocycles. The first-order valence-electron chi connectivity index (χ1n) is 7.63. The second-order valence-electron chi connectivity index (χ2n) is 5.49. The van der Waals surface area contributed by atoms with Crippen LogP contribution in [0.15, 0.2) is 18.2 Å². The third-order valence-electron chi connectivity index (χ3n) is 4.10. The lowest BCUT2D eigenvalue weighted by Crippen LogP contribution is -2.52. The number of hydrogen-bond donors (Lipinski definition) is 1. The van der Waals surface area contributed by atoms with Crippen LogP contribution in [0.2, 0.25) is 0 Å². The number of piperazine rings is 1. The van der Waals surface area contributed by atoms with E-state index < -0.39 is 0 Å². The molecule has 1 aliphatic rings. The number of rotatable bonds is 5. The lowest BCUT2D eigenvalue weighted by Gasteiger charge is -2.40. The van der Waals surface area contributed by atoms with Crippen molar-refractivity contribution in [2.45, 2.75) is 33.4 Å². The topological polar surface area (TPSA) is 18.5 Å². The average molecular weight is 279 g/mol. The van der Waals surface area contributed by atoms with E-state index in [4.69, 9.17) is 0 Å². The quantitative estimate of drug-likeness (QED) is 0.893. The Morgan fingerprint density at radius 2 is 2.10 bits per heavy atom. The predicted octanol–water partition coefficient (Wildman–Crippen LogP) is 2.47. The summed E-state index contributed by atoms with van der Waals surface area (Å²) in [5.74, 6) is -0.0995. The molecule has 3 nitrogen and oxygen atoms in total. The summed E-state index contributed by atoms with van der Waals surface area (Å²) in [7, 11) is 0. The summed E-state index contributed by atoms with van der Waals surface area (Å²) in [6.45, 7) is 12.0. The van der Waals surface area contributed by atoms with Gasteiger partial charge >= 0.3 is 0 Å². The van der Waals surface area contributed by atoms with Gasteiger partial charge in [0.1, 0.15) is 5.82 Å². The highest BCUT2D eigenvalue weighted by Gasteiger charge is 2.24. The zero-order valence-corrected chi connectivity index (χ0v) is 12.8. The van der Waals surface area contributed by atoms with E-state index in [1.807, 2.05) is 12.1 Å². The zero-order valence-electron chi connectivity index (χ0n) is 12.8. The Hall–Kier alpha value is -1.13. The van der Waals surface area contributed by atoms with Gasteiger partial charge in [0.05, 0.1) is 5.69 Å². The molecule has 1 fully saturated rings. The van der Waals surface area contributed by atoms with E-state index in [1.165, 1.54) is 0 Å². The van der Waals surface area contributed by atoms with Crippen molar-refractivity contribution < 1.29 is 4.39 Å². The number of nitrogens with zero attached hydrogens (tertiary/aromatic N) is 2. The van der Waals surface area contributed by atoms with E-state index >= 15 is 0 Å². The van der Waals surface area contributed by atoms with Gasteiger partial charge in [-0.1, -0.05) is 19.9 Å². The van der Waals surface area contributed by atoms with Crippen LogP contribution in [0.25, 0.3) is 0 Å². The van der Waals surface area contributed by atoms with E-state index in [0.29, 0.717) is 6.04 Å². The van der Waals surface area contributed by atoms with Gasteiger partial charge in [0, 0.05) is 32.2 Å². The van der Waals surface area contributed by atoms with Crippen molar-refractivity contribution in [1.29, 1.82) is 0 Å². The lowest BCUT2D eigenvalue weighted by atomic mass is 10.1. The normalized spacial score (nSPS) is 20.4. The first kappa shape index (κ1) is 15.3. The van der Waals surface area contributed by atoms with Crippen LogP contribution in [0.1, 0.15) is 26.3 Å². The maximum atomic E-state index is 14.3. The second kappa shape index (κ2) is 7.04. The van der Waals surface area contributed by atoms with Crippen LogP contribution < -0.4 is 10.2 Å². The molecule has 1 aromatic rings. The SMILES string of the molecule is CCNCc1ccc(N2CCN(CC)C(C)C2)c(F)c1. The molecule has 112 valence electrons. The minimum atomic E-state index is -0.0995. The largest absolute Gasteiger partial charge is 0.366 e. The van der Waals surface area contributed by atoms with Crippen LogP contribution in [0.5, 0.6) is 0 Å². The molecule has 0 spiro atoms. The molecular weight excluding hydrogens is 253 g/mol. The molecule has 20 heavy (non-hydrogen) atoms. The highest BCUT2D eigenvalue weighted by atomic mass is 19.1. The van der Waals surface area contributed by atoms with Crippen molar-refractivity contribution in [3.8, 4) is 0 Å². The van der Waals surface area contributed by atoms with Crippen molar-refractivity contribution in [3.05, 3.63) is 29.6 Å². The highest BCUT2D eigenvalue weighted by molar-refractivity contribution is 5.49. The maximum absolute atomic E-state index is 14.3. The van der Waals surface area contributed by atoms with Crippen molar-refractivity contribution in [1.82, 2.24) is 10.2 Å². The molecule has 0 aliphatic carbocycles. The summed E-state index contributed by atoms with van der Waals surface area (Å²) in [5.41, 5.74) is 1.75. The Labute approximate surface area is 121 Å². The van der Waals surface area contributed by atoms with Gasteiger partial charge in [-0.3, -0.25) is 4.90 Å². The molecular formula is C16H26FN3. The third-order valence-corrected chi connectivity index (χ3v) is 4.10. The Kier molecular flexibility index (Phi) is 5.38. The average Bonchev–Trinajstić information content (AvgIpc) is 2.45. The van der Waals surface area contributed by atoms with E-state index in [2.05, 4.69) is 35.9 Å². The molecule has 1 unspecified atom stereocenters. The van der Waals surface area contributed by atoms with Gasteiger partial charge in [0.25, 0.3) is 0 Å². The molecule has 2 rings (SSSR count). The van der Waals surface area contributed by atoms with Crippen LogP contribution in [-0.2, 0) is 6.54 Å². The first-order valence-corrected chi connectivity index (χ1v) is 7.63. The summed E-state index contributed by atoms with van der Waals surface area (Å²) in [4.78, 5) is 4.61. The van der Waals surface area contributed by atoms with Crippen LogP contribution >= 0.6 is 0 Å². The van der Waals surface area contributed by atoms with Gasteiger partial charge in [0.15, 0.2) is 0 Å². The summed E-state index contributed by atoms with van der Waals surface area (Å²) in [6, 6.07) is 6.10. The number of likely N-dealkylation sites (N-methyl/N-ethyl adjacent to an activating group) is 1. The Morgan fingerprint density at radius 3 is 2.70 bits per heavy atom. The second-order valence-corrected chi connectivity index (χ2v) is 5.49. The number of benzene rings is 1. The van der Waals surface area contributed by atoms with Crippen LogP contribution in [0, 0.1) is 5.82 Å². The first-order chi connectivity index (χ1) is 9.65. The van der Waals surface area contributed by atoms with E-state index in [9.17, 15) is 4.39 Å². The Morgan fingerprint density at radius 1 is 1.30 bits per heavy atom. The lowest BCUT2D eigenvalue weighted by molar-refractivity contribution is 0.199. The summed E-state index contributed by atoms with van der Waals surface area (Å²) < 4.78 is 14.3. The Balaban J connectivity index is 2.06. The fraction of sp³-hybridized carbons (Fsp3) is 0.625. The maximum Gasteiger partial charge on any atom is 0.146 e. The molecule has 1 saturated heterocycles. The number of anilines is 1. The molecule has 0 saturated carbocycles. The van der Waals surface area contributed by atoms with Gasteiger partial charge < -0.3 is 10.2 Å². The molecule has 0 bridgehead atoms. The smallest absolute Gasteiger partial charge is 0.146 e. The molecule has 0 amide bonds. The van der Waals surface area contributed by atoms with Gasteiger partial charge in [-0.25, -0.2) is 4.39 Å². The summed E-state index contributed by atoms with van der Waals surface area (Å²) in [6.07, 6.45) is 0. The number of halogens is 1. The Bertz CT molecular complexity index is 436. The number of hydrogen-bond acceptors (Lipinski definition) is 3. The molecule has 1 heterocycles. The molecule has 1 aromatic carbocycles. The van der Waals surface area contributed by atoms with Crippen LogP contribution in [-0.4, -0.2) is 43.7 Å². The zero-order chi connectivity index (χ0) is 14.5. The van der Waals surface area contributed by atoms with E-state index in [1.54, 1.807) is 6.07 Å². The van der Waals surface area contributed by atoms with Gasteiger partial charge in [0.2, 0.25) is 0 Å². The van der Waals surface area contributed by atoms with Crippen molar-refractivity contribution in [2.75, 3.05) is 37.6 Å². The van der Waals surface area contributed by atoms with Gasteiger partial charge in [-0.15, -0.1) is 0 Å². The third kappa shape index (κ3) is 3.49. The van der Waals surface area contributed by atoms with E-state index in [-0.39, 0.29) is 5.82 Å². The van der Waals surface area contributed by atoms with Crippen molar-refractivity contribution in [3.63, 3.8) is 0 Å². The van der Waals surface area contributed by atoms with Crippen molar-refractivity contribution in [2.24, 2.45) is 0 Å². The minimum absolute atomic E-state index is 0.0995. The fourth-order valence-electron chi connectivity index (χ4n) is 2.87. The standard InChI is InChI=1S/C16H26FN3/c1-4-18-11-14-6-7-16(15(17)10-14)20-9-8-19(5-2)13(3)12-20/h6-7,10,13,18H,4-5,8-9,11-12H2,1-3H3. The minimum Gasteiger partial charge on any atom is -0.366 e. The van der Waals surface area contributed by atoms with E-state index in [0.717, 1.165) is 50.5 Å². The van der Waals surface area contributed by atoms with Crippen LogP contribution in [0.3, 0.4) is 0 Å². The van der Waals surface area contributed by atoms with Gasteiger partial charge in [-0.2, -0.15) is 0 Å². The van der Waals surface area contributed by atoms with Crippen LogP contribution in [0.4, 0.5) is 10.1 Å². The monoisotopic (exact) mass is 279 g/mol. The molecule has 4 heteroatoms. The highest BCUT2D eigenvalue weighted by Crippen LogP contribution is 2.23. The fourth-order valence-corrected chi connectivity index (χ4v) is 2.87. The van der Waals surface area contributed by atoms with Gasteiger partial charge in [-0.05, 0) is 37.7 Å². The summed E-state index contributed by atoms with van der Waals surface area (Å²) >= 11 is 0. The molecule has 0 radical (unpaired) electrons. The molecule has 0 aromatic heterocycles. The molecule has 1 N–H and O–H groups in total. The molecule has 1 atom stereocenters. The summed E-state index contributed by atoms with van der Waals surface area (Å²) in [5, 5.41) is 3.22. The number of nitrogens with one attached hydrogen (secondary N) is 1.